The number of nitrogens with zero attached hydrogens (tertiary/aromatic N) is 4. The van der Waals surface area contributed by atoms with Crippen molar-refractivity contribution in [3.8, 4) is 0 Å². The Hall–Kier alpha value is -1.47. The van der Waals surface area contributed by atoms with Gasteiger partial charge >= 0.3 is 0 Å². The summed E-state index contributed by atoms with van der Waals surface area (Å²) in [5.74, 6) is 0.180. The van der Waals surface area contributed by atoms with Gasteiger partial charge in [-0.15, -0.1) is 0 Å². The van der Waals surface area contributed by atoms with Gasteiger partial charge in [0, 0.05) is 33.2 Å². The van der Waals surface area contributed by atoms with Crippen molar-refractivity contribution in [2.45, 2.75) is 0 Å². The molecule has 6 nitrogen and oxygen atoms in total. The second-order valence-electron chi connectivity index (χ2n) is 4.04. The molecule has 17 heavy (non-hydrogen) atoms. The van der Waals surface area contributed by atoms with E-state index in [1.165, 1.54) is 0 Å². The predicted octanol–water partition coefficient (Wildman–Crippen LogP) is 0.232. The average Bonchev–Trinajstić information content (AvgIpc) is 2.35. The Labute approximate surface area is 99.8 Å². The fourth-order valence-electron chi connectivity index (χ4n) is 1.63. The van der Waals surface area contributed by atoms with Crippen LogP contribution in [0.2, 0.25) is 0 Å². The van der Waals surface area contributed by atoms with Gasteiger partial charge in [-0.1, -0.05) is 0 Å². The third-order valence-electron chi connectivity index (χ3n) is 2.74. The highest BCUT2D eigenvalue weighted by atomic mass is 19.1. The molecule has 0 radical (unpaired) electrons. The molecular formula is C10H17FN6. The first kappa shape index (κ1) is 12.0. The fourth-order valence-corrected chi connectivity index (χ4v) is 1.63. The van der Waals surface area contributed by atoms with Crippen molar-refractivity contribution >= 4 is 11.8 Å². The van der Waals surface area contributed by atoms with Crippen molar-refractivity contribution in [3.63, 3.8) is 0 Å². The van der Waals surface area contributed by atoms with E-state index >= 15 is 0 Å². The summed E-state index contributed by atoms with van der Waals surface area (Å²) < 4.78 is 13.5. The molecule has 94 valence electrons. The van der Waals surface area contributed by atoms with E-state index in [1.54, 1.807) is 7.05 Å². The Morgan fingerprint density at radius 2 is 2.00 bits per heavy atom. The number of rotatable bonds is 3. The lowest BCUT2D eigenvalue weighted by atomic mass is 10.4. The van der Waals surface area contributed by atoms with Gasteiger partial charge in [-0.05, 0) is 7.05 Å². The highest BCUT2D eigenvalue weighted by molar-refractivity contribution is 5.39. The molecule has 2 rings (SSSR count). The van der Waals surface area contributed by atoms with Crippen molar-refractivity contribution in [2.75, 3.05) is 51.0 Å². The van der Waals surface area contributed by atoms with Crippen LogP contribution in [-0.4, -0.2) is 60.2 Å². The summed E-state index contributed by atoms with van der Waals surface area (Å²) in [6.07, 6.45) is 1.16. The van der Waals surface area contributed by atoms with Gasteiger partial charge in [-0.25, -0.2) is 14.4 Å². The van der Waals surface area contributed by atoms with E-state index in [9.17, 15) is 4.39 Å². The second-order valence-corrected chi connectivity index (χ2v) is 4.04. The van der Waals surface area contributed by atoms with Gasteiger partial charge in [0.2, 0.25) is 5.95 Å². The first-order valence-corrected chi connectivity index (χ1v) is 5.59. The highest BCUT2D eigenvalue weighted by Crippen LogP contribution is 2.13. The molecule has 0 bridgehead atoms. The number of halogens is 1. The Morgan fingerprint density at radius 1 is 1.29 bits per heavy atom. The van der Waals surface area contributed by atoms with Gasteiger partial charge in [0.25, 0.3) is 0 Å². The van der Waals surface area contributed by atoms with Gasteiger partial charge in [0.05, 0.1) is 6.20 Å². The standard InChI is InChI=1S/C10H17FN6/c1-12-10-13-7-8(11)9(14-10)15-17-5-3-16(2)4-6-17/h7H,3-6H2,1-2H3,(H2,12,13,14,15). The minimum absolute atomic E-state index is 0.217. The maximum atomic E-state index is 13.5. The molecule has 1 fully saturated rings. The largest absolute Gasteiger partial charge is 0.357 e. The molecule has 1 aliphatic heterocycles. The van der Waals surface area contributed by atoms with Crippen LogP contribution in [-0.2, 0) is 0 Å². The lowest BCUT2D eigenvalue weighted by molar-refractivity contribution is 0.178. The molecule has 0 amide bonds. The molecule has 1 saturated heterocycles. The zero-order chi connectivity index (χ0) is 12.3. The number of hydrogen-bond donors (Lipinski definition) is 2. The highest BCUT2D eigenvalue weighted by Gasteiger charge is 2.16. The Bertz CT molecular complexity index is 377. The minimum Gasteiger partial charge on any atom is -0.357 e. The molecule has 0 atom stereocenters. The van der Waals surface area contributed by atoms with E-state index in [-0.39, 0.29) is 5.82 Å². The van der Waals surface area contributed by atoms with Crippen molar-refractivity contribution in [1.29, 1.82) is 0 Å². The normalized spacial score (nSPS) is 18.1. The van der Waals surface area contributed by atoms with Crippen LogP contribution in [0.5, 0.6) is 0 Å². The van der Waals surface area contributed by atoms with Crippen LogP contribution in [0.15, 0.2) is 6.20 Å². The SMILES string of the molecule is CNc1ncc(F)c(NN2CCN(C)CC2)n1. The van der Waals surface area contributed by atoms with E-state index in [0.29, 0.717) is 5.95 Å². The average molecular weight is 240 g/mol. The zero-order valence-electron chi connectivity index (χ0n) is 10.1. The molecule has 7 heteroatoms. The van der Waals surface area contributed by atoms with Crippen molar-refractivity contribution in [2.24, 2.45) is 0 Å². The van der Waals surface area contributed by atoms with Crippen LogP contribution in [0.1, 0.15) is 0 Å². The Morgan fingerprint density at radius 3 is 2.65 bits per heavy atom. The van der Waals surface area contributed by atoms with Gasteiger partial charge in [0.1, 0.15) is 0 Å². The lowest BCUT2D eigenvalue weighted by Crippen LogP contribution is -2.47. The number of hydrogen-bond acceptors (Lipinski definition) is 6. The monoisotopic (exact) mass is 240 g/mol. The Balaban J connectivity index is 2.02. The summed E-state index contributed by atoms with van der Waals surface area (Å²) in [6, 6.07) is 0. The fraction of sp³-hybridized carbons (Fsp3) is 0.600. The molecule has 1 aliphatic rings. The molecule has 2 N–H and O–H groups in total. The summed E-state index contributed by atoms with van der Waals surface area (Å²) in [4.78, 5) is 10.1. The molecule has 2 heterocycles. The first-order chi connectivity index (χ1) is 8.19. The van der Waals surface area contributed by atoms with E-state index in [0.717, 1.165) is 32.4 Å². The third kappa shape index (κ3) is 3.01. The van der Waals surface area contributed by atoms with Crippen LogP contribution in [0.4, 0.5) is 16.2 Å². The summed E-state index contributed by atoms with van der Waals surface area (Å²) in [5.41, 5.74) is 2.98. The number of aromatic nitrogens is 2. The van der Waals surface area contributed by atoms with Crippen molar-refractivity contribution in [3.05, 3.63) is 12.0 Å². The Kier molecular flexibility index (Phi) is 3.70. The summed E-state index contributed by atoms with van der Waals surface area (Å²) >= 11 is 0. The van der Waals surface area contributed by atoms with Crippen LogP contribution in [0.3, 0.4) is 0 Å². The topological polar surface area (TPSA) is 56.3 Å². The summed E-state index contributed by atoms with van der Waals surface area (Å²) in [7, 11) is 3.77. The van der Waals surface area contributed by atoms with Gasteiger partial charge in [0.15, 0.2) is 11.6 Å². The smallest absolute Gasteiger partial charge is 0.224 e. The molecule has 1 aromatic heterocycles. The van der Waals surface area contributed by atoms with Gasteiger partial charge in [-0.2, -0.15) is 4.98 Å². The van der Waals surface area contributed by atoms with Crippen LogP contribution < -0.4 is 10.7 Å². The molecule has 1 aromatic rings. The number of nitrogens with one attached hydrogen (secondary N) is 2. The summed E-state index contributed by atoms with van der Waals surface area (Å²) in [5, 5.41) is 4.75. The van der Waals surface area contributed by atoms with E-state index in [4.69, 9.17) is 0 Å². The first-order valence-electron chi connectivity index (χ1n) is 5.59. The van der Waals surface area contributed by atoms with E-state index < -0.39 is 5.82 Å². The molecule has 0 spiro atoms. The quantitative estimate of drug-likeness (QED) is 0.789. The van der Waals surface area contributed by atoms with E-state index in [2.05, 4.69) is 32.7 Å². The number of piperazine rings is 1. The zero-order valence-corrected chi connectivity index (χ0v) is 10.1. The second kappa shape index (κ2) is 5.24. The number of anilines is 2. The van der Waals surface area contributed by atoms with Crippen LogP contribution in [0, 0.1) is 5.82 Å². The number of likely N-dealkylation sites (N-methyl/N-ethyl adjacent to an activating group) is 1. The van der Waals surface area contributed by atoms with Gasteiger partial charge < -0.3 is 15.6 Å². The number of hydrazine groups is 1. The maximum absolute atomic E-state index is 13.5. The van der Waals surface area contributed by atoms with Crippen molar-refractivity contribution in [1.82, 2.24) is 19.9 Å². The van der Waals surface area contributed by atoms with Crippen LogP contribution in [0.25, 0.3) is 0 Å². The molecule has 0 aliphatic carbocycles. The lowest BCUT2D eigenvalue weighted by Gasteiger charge is -2.32. The summed E-state index contributed by atoms with van der Waals surface area (Å²) in [6.45, 7) is 3.60. The van der Waals surface area contributed by atoms with Crippen molar-refractivity contribution < 1.29 is 4.39 Å². The van der Waals surface area contributed by atoms with Gasteiger partial charge in [-0.3, -0.25) is 0 Å². The molecule has 0 unspecified atom stereocenters. The van der Waals surface area contributed by atoms with E-state index in [1.807, 2.05) is 5.01 Å². The maximum Gasteiger partial charge on any atom is 0.224 e. The van der Waals surface area contributed by atoms with Crippen LogP contribution >= 0.6 is 0 Å². The third-order valence-corrected chi connectivity index (χ3v) is 2.74. The predicted molar refractivity (Wildman–Crippen MR) is 64.2 cm³/mol. The minimum atomic E-state index is -0.442. The molecular weight excluding hydrogens is 223 g/mol. The molecule has 0 saturated carbocycles. The molecule has 0 aromatic carbocycles.